The van der Waals surface area contributed by atoms with E-state index in [2.05, 4.69) is 20.9 Å². The topological polar surface area (TPSA) is 39.6 Å². The van der Waals surface area contributed by atoms with Gasteiger partial charge >= 0.3 is 6.18 Å². The number of hydrogen-bond acceptors (Lipinski definition) is 4. The summed E-state index contributed by atoms with van der Waals surface area (Å²) in [4.78, 5) is 8.92. The summed E-state index contributed by atoms with van der Waals surface area (Å²) >= 11 is 0. The lowest BCUT2D eigenvalue weighted by Crippen LogP contribution is -2.45. The third kappa shape index (κ3) is 5.72. The Morgan fingerprint density at radius 3 is 1.91 bits per heavy atom. The number of piperazine rings is 1. The minimum atomic E-state index is -5.09. The summed E-state index contributed by atoms with van der Waals surface area (Å²) in [6, 6.07) is 15.4. The second-order valence-electron chi connectivity index (χ2n) is 9.13. The molecule has 3 aromatic rings. The molecule has 0 aliphatic carbocycles. The van der Waals surface area contributed by atoms with E-state index in [0.29, 0.717) is 5.56 Å². The summed E-state index contributed by atoms with van der Waals surface area (Å²) in [7, 11) is 0. The number of hydrogen-bond donors (Lipinski definition) is 1. The minimum absolute atomic E-state index is 0.506. The highest BCUT2D eigenvalue weighted by Gasteiger charge is 2.55. The van der Waals surface area contributed by atoms with Gasteiger partial charge in [-0.1, -0.05) is 42.5 Å². The molecule has 0 saturated carbocycles. The Labute approximate surface area is 202 Å². The van der Waals surface area contributed by atoms with Crippen molar-refractivity contribution < 1.29 is 22.7 Å². The highest BCUT2D eigenvalue weighted by atomic mass is 19.4. The predicted octanol–water partition coefficient (Wildman–Crippen LogP) is 5.09. The average molecular weight is 488 g/mol. The van der Waals surface area contributed by atoms with E-state index in [9.17, 15) is 22.7 Å². The Morgan fingerprint density at radius 2 is 1.40 bits per heavy atom. The van der Waals surface area contributed by atoms with Gasteiger partial charge in [0, 0.05) is 51.7 Å². The lowest BCUT2D eigenvalue weighted by Gasteiger charge is -2.34. The van der Waals surface area contributed by atoms with Gasteiger partial charge in [-0.05, 0) is 52.4 Å². The molecule has 0 spiro atoms. The number of alkyl halides is 4. The van der Waals surface area contributed by atoms with Crippen LogP contribution in [0, 0.1) is 6.92 Å². The van der Waals surface area contributed by atoms with E-state index in [1.807, 2.05) is 43.6 Å². The van der Waals surface area contributed by atoms with Crippen molar-refractivity contribution in [1.29, 1.82) is 0 Å². The van der Waals surface area contributed by atoms with Crippen molar-refractivity contribution in [2.24, 2.45) is 0 Å². The molecule has 186 valence electrons. The lowest BCUT2D eigenvalue weighted by atomic mass is 9.91. The summed E-state index contributed by atoms with van der Waals surface area (Å²) in [6.07, 6.45) is -1.46. The van der Waals surface area contributed by atoms with E-state index in [4.69, 9.17) is 0 Å². The van der Waals surface area contributed by atoms with Crippen molar-refractivity contribution in [1.82, 2.24) is 14.8 Å². The Hall–Kier alpha value is -2.81. The van der Waals surface area contributed by atoms with Crippen LogP contribution in [0.4, 0.5) is 17.6 Å². The number of aromatic nitrogens is 1. The normalized spacial score (nSPS) is 17.3. The Morgan fingerprint density at radius 1 is 0.829 bits per heavy atom. The third-order valence-corrected chi connectivity index (χ3v) is 6.65. The average Bonchev–Trinajstić information content (AvgIpc) is 2.85. The maximum absolute atomic E-state index is 13.1. The largest absolute Gasteiger partial charge is 0.424 e. The standard InChI is InChI=1S/C27H29F4N3O/c1-20-16-22(18-34-14-12-33(13-15-34)17-21-8-10-32-11-9-21)2-7-25(20)23-3-5-24(6-4-23)26(35,19-28)27(29,30)31/h2-11,16,35H,12-15,17-19H2,1H3. The molecule has 0 amide bonds. The molecule has 1 fully saturated rings. The fourth-order valence-corrected chi connectivity index (χ4v) is 4.50. The molecule has 2 aromatic carbocycles. The van der Waals surface area contributed by atoms with Crippen molar-refractivity contribution in [2.45, 2.75) is 31.8 Å². The molecule has 1 aliphatic rings. The molecule has 4 rings (SSSR count). The molecular weight excluding hydrogens is 458 g/mol. The van der Waals surface area contributed by atoms with E-state index in [0.717, 1.165) is 62.5 Å². The van der Waals surface area contributed by atoms with Crippen molar-refractivity contribution >= 4 is 0 Å². The van der Waals surface area contributed by atoms with Crippen molar-refractivity contribution in [3.63, 3.8) is 0 Å². The highest BCUT2D eigenvalue weighted by molar-refractivity contribution is 5.68. The molecule has 1 aromatic heterocycles. The van der Waals surface area contributed by atoms with E-state index in [1.54, 1.807) is 0 Å². The van der Waals surface area contributed by atoms with Crippen molar-refractivity contribution in [3.8, 4) is 11.1 Å². The summed E-state index contributed by atoms with van der Waals surface area (Å²) in [5.41, 5.74) is 1.04. The number of halogens is 4. The second kappa shape index (κ2) is 10.4. The Kier molecular flexibility index (Phi) is 7.54. The van der Waals surface area contributed by atoms with Crippen LogP contribution in [0.5, 0.6) is 0 Å². The molecule has 1 saturated heterocycles. The molecule has 1 atom stereocenters. The Balaban J connectivity index is 1.38. The summed E-state index contributed by atoms with van der Waals surface area (Å²) in [5.74, 6) is 0. The first kappa shape index (κ1) is 25.3. The molecule has 4 nitrogen and oxygen atoms in total. The van der Waals surface area contributed by atoms with Gasteiger partial charge in [0.25, 0.3) is 0 Å². The van der Waals surface area contributed by atoms with E-state index < -0.39 is 24.0 Å². The molecule has 1 aliphatic heterocycles. The lowest BCUT2D eigenvalue weighted by molar-refractivity contribution is -0.271. The van der Waals surface area contributed by atoms with E-state index >= 15 is 0 Å². The van der Waals surface area contributed by atoms with Gasteiger partial charge in [0.05, 0.1) is 0 Å². The van der Waals surface area contributed by atoms with Crippen LogP contribution in [0.15, 0.2) is 67.0 Å². The maximum atomic E-state index is 13.1. The zero-order valence-corrected chi connectivity index (χ0v) is 19.6. The second-order valence-corrected chi connectivity index (χ2v) is 9.13. The van der Waals surface area contributed by atoms with E-state index in [-0.39, 0.29) is 0 Å². The number of aryl methyl sites for hydroxylation is 1. The number of pyridine rings is 1. The quantitative estimate of drug-likeness (QED) is 0.471. The first-order valence-corrected chi connectivity index (χ1v) is 11.6. The molecule has 8 heteroatoms. The Bertz CT molecular complexity index is 1110. The number of benzene rings is 2. The SMILES string of the molecule is Cc1cc(CN2CCN(Cc3ccncc3)CC2)ccc1-c1ccc(C(O)(CF)C(F)(F)F)cc1. The fourth-order valence-electron chi connectivity index (χ4n) is 4.50. The molecule has 35 heavy (non-hydrogen) atoms. The zero-order chi connectivity index (χ0) is 25.1. The highest BCUT2D eigenvalue weighted by Crippen LogP contribution is 2.40. The summed E-state index contributed by atoms with van der Waals surface area (Å²) in [5, 5.41) is 9.82. The molecule has 2 heterocycles. The van der Waals surface area contributed by atoms with Crippen LogP contribution in [0.2, 0.25) is 0 Å². The first-order chi connectivity index (χ1) is 16.7. The maximum Gasteiger partial charge on any atom is 0.424 e. The summed E-state index contributed by atoms with van der Waals surface area (Å²) in [6.45, 7) is 5.74. The van der Waals surface area contributed by atoms with Gasteiger partial charge < -0.3 is 5.11 Å². The van der Waals surface area contributed by atoms with Crippen LogP contribution >= 0.6 is 0 Å². The van der Waals surface area contributed by atoms with Crippen LogP contribution in [0.25, 0.3) is 11.1 Å². The van der Waals surface area contributed by atoms with Gasteiger partial charge in [0.15, 0.2) is 0 Å². The van der Waals surface area contributed by atoms with Gasteiger partial charge in [-0.25, -0.2) is 4.39 Å². The van der Waals surface area contributed by atoms with Gasteiger partial charge in [0.2, 0.25) is 5.60 Å². The van der Waals surface area contributed by atoms with Crippen molar-refractivity contribution in [3.05, 3.63) is 89.2 Å². The van der Waals surface area contributed by atoms with Gasteiger partial charge in [-0.3, -0.25) is 14.8 Å². The molecule has 0 bridgehead atoms. The van der Waals surface area contributed by atoms with Gasteiger partial charge in [-0.15, -0.1) is 0 Å². The first-order valence-electron chi connectivity index (χ1n) is 11.6. The van der Waals surface area contributed by atoms with Crippen LogP contribution < -0.4 is 0 Å². The molecule has 0 radical (unpaired) electrons. The molecular formula is C27H29F4N3O. The van der Waals surface area contributed by atoms with Gasteiger partial charge in [0.1, 0.15) is 6.67 Å². The molecule has 1 N–H and O–H groups in total. The molecule has 1 unspecified atom stereocenters. The van der Waals surface area contributed by atoms with Crippen LogP contribution in [0.3, 0.4) is 0 Å². The smallest absolute Gasteiger partial charge is 0.374 e. The zero-order valence-electron chi connectivity index (χ0n) is 19.6. The summed E-state index contributed by atoms with van der Waals surface area (Å²) < 4.78 is 52.5. The van der Waals surface area contributed by atoms with Crippen LogP contribution in [-0.2, 0) is 18.7 Å². The fraction of sp³-hybridized carbons (Fsp3) is 0.370. The van der Waals surface area contributed by atoms with Crippen molar-refractivity contribution in [2.75, 3.05) is 32.9 Å². The number of nitrogens with zero attached hydrogens (tertiary/aromatic N) is 3. The van der Waals surface area contributed by atoms with Gasteiger partial charge in [-0.2, -0.15) is 13.2 Å². The monoisotopic (exact) mass is 487 g/mol. The van der Waals surface area contributed by atoms with Crippen LogP contribution in [-0.4, -0.2) is 58.9 Å². The number of rotatable bonds is 7. The van der Waals surface area contributed by atoms with E-state index in [1.165, 1.54) is 23.3 Å². The predicted molar refractivity (Wildman–Crippen MR) is 127 cm³/mol. The number of aliphatic hydroxyl groups is 1. The van der Waals surface area contributed by atoms with Crippen LogP contribution in [0.1, 0.15) is 22.3 Å². The minimum Gasteiger partial charge on any atom is -0.374 e. The third-order valence-electron chi connectivity index (χ3n) is 6.65.